The van der Waals surface area contributed by atoms with Crippen LogP contribution in [0, 0.1) is 0 Å². The summed E-state index contributed by atoms with van der Waals surface area (Å²) >= 11 is 0. The molecule has 0 aliphatic carbocycles. The maximum absolute atomic E-state index is 6.07. The molecule has 3 nitrogen and oxygen atoms in total. The third kappa shape index (κ3) is 4.29. The van der Waals surface area contributed by atoms with E-state index in [2.05, 4.69) is 26.9 Å². The summed E-state index contributed by atoms with van der Waals surface area (Å²) in [5.41, 5.74) is 1.08. The van der Waals surface area contributed by atoms with Crippen molar-refractivity contribution in [1.82, 2.24) is 0 Å². The first-order valence-electron chi connectivity index (χ1n) is 6.45. The molecule has 0 aromatic carbocycles. The van der Waals surface area contributed by atoms with Crippen molar-refractivity contribution in [2.24, 2.45) is 0 Å². The second-order valence-electron chi connectivity index (χ2n) is 4.93. The fourth-order valence-electron chi connectivity index (χ4n) is 2.56. The normalized spacial score (nSPS) is 27.0. The van der Waals surface area contributed by atoms with Gasteiger partial charge in [-0.25, -0.2) is 0 Å². The Morgan fingerprint density at radius 2 is 1.81 bits per heavy atom. The van der Waals surface area contributed by atoms with Gasteiger partial charge in [0.2, 0.25) is 0 Å². The van der Waals surface area contributed by atoms with Gasteiger partial charge in [0, 0.05) is 25.5 Å². The zero-order valence-electron chi connectivity index (χ0n) is 11.2. The minimum atomic E-state index is -1.97. The van der Waals surface area contributed by atoms with Crippen molar-refractivity contribution in [3.05, 3.63) is 0 Å². The second kappa shape index (κ2) is 6.30. The van der Waals surface area contributed by atoms with Gasteiger partial charge in [-0.05, 0) is 39.4 Å². The predicted octanol–water partition coefficient (Wildman–Crippen LogP) is 3.06. The van der Waals surface area contributed by atoms with Crippen LogP contribution < -0.4 is 0 Å². The van der Waals surface area contributed by atoms with Crippen molar-refractivity contribution in [2.75, 3.05) is 19.8 Å². The molecule has 0 aromatic rings. The molecule has 1 atom stereocenters. The Labute approximate surface area is 102 Å². The molecule has 0 amide bonds. The Morgan fingerprint density at radius 3 is 2.25 bits per heavy atom. The van der Waals surface area contributed by atoms with Crippen LogP contribution in [0.15, 0.2) is 0 Å². The third-order valence-corrected chi connectivity index (χ3v) is 12.8. The molecular weight excluding hydrogens is 236 g/mol. The van der Waals surface area contributed by atoms with Crippen LogP contribution in [-0.4, -0.2) is 36.7 Å². The molecule has 0 N–H and O–H groups in total. The Balaban J connectivity index is 2.58. The van der Waals surface area contributed by atoms with Crippen molar-refractivity contribution in [1.29, 1.82) is 0 Å². The van der Waals surface area contributed by atoms with Crippen LogP contribution in [0.2, 0.25) is 24.8 Å². The average Bonchev–Trinajstić information content (AvgIpc) is 2.17. The molecule has 0 spiro atoms. The standard InChI is InChI=1S/C11H26O3Si2/c1-5-12-16(4,13-6-2)11-15(3)10-8-7-9-14-15/h5-11H2,1-4H3. The molecule has 1 heterocycles. The summed E-state index contributed by atoms with van der Waals surface area (Å²) in [6, 6.07) is 1.27. The summed E-state index contributed by atoms with van der Waals surface area (Å²) in [7, 11) is -3.51. The van der Waals surface area contributed by atoms with Crippen LogP contribution in [0.1, 0.15) is 26.7 Å². The van der Waals surface area contributed by atoms with E-state index in [9.17, 15) is 0 Å². The van der Waals surface area contributed by atoms with Gasteiger partial charge in [0.05, 0.1) is 0 Å². The Kier molecular flexibility index (Phi) is 5.66. The lowest BCUT2D eigenvalue weighted by molar-refractivity contribution is 0.189. The molecule has 1 aliphatic rings. The van der Waals surface area contributed by atoms with Gasteiger partial charge in [0.25, 0.3) is 0 Å². The van der Waals surface area contributed by atoms with Gasteiger partial charge >= 0.3 is 8.56 Å². The minimum Gasteiger partial charge on any atom is -0.417 e. The third-order valence-electron chi connectivity index (χ3n) is 3.14. The smallest absolute Gasteiger partial charge is 0.334 e. The van der Waals surface area contributed by atoms with Crippen LogP contribution in [0.3, 0.4) is 0 Å². The highest BCUT2D eigenvalue weighted by atomic mass is 28.4. The van der Waals surface area contributed by atoms with Crippen LogP contribution in [0.4, 0.5) is 0 Å². The summed E-state index contributed by atoms with van der Waals surface area (Å²) in [4.78, 5) is 0. The van der Waals surface area contributed by atoms with Gasteiger partial charge in [-0.15, -0.1) is 0 Å². The quantitative estimate of drug-likeness (QED) is 0.689. The van der Waals surface area contributed by atoms with E-state index >= 15 is 0 Å². The summed E-state index contributed by atoms with van der Waals surface area (Å²) in [5.74, 6) is 0. The second-order valence-corrected chi connectivity index (χ2v) is 12.9. The van der Waals surface area contributed by atoms with Crippen LogP contribution in [0.25, 0.3) is 0 Å². The molecular formula is C11H26O3Si2. The predicted molar refractivity (Wildman–Crippen MR) is 71.3 cm³/mol. The van der Waals surface area contributed by atoms with Crippen molar-refractivity contribution < 1.29 is 13.3 Å². The fourth-order valence-corrected chi connectivity index (χ4v) is 13.0. The van der Waals surface area contributed by atoms with E-state index in [4.69, 9.17) is 13.3 Å². The molecule has 0 aromatic heterocycles. The van der Waals surface area contributed by atoms with E-state index in [-0.39, 0.29) is 0 Å². The van der Waals surface area contributed by atoms with E-state index in [0.717, 1.165) is 25.5 Å². The molecule has 1 saturated heterocycles. The first-order chi connectivity index (χ1) is 7.54. The Morgan fingerprint density at radius 1 is 1.19 bits per heavy atom. The van der Waals surface area contributed by atoms with Gasteiger partial charge in [0.15, 0.2) is 8.32 Å². The summed E-state index contributed by atoms with van der Waals surface area (Å²) in [5, 5.41) is 0. The van der Waals surface area contributed by atoms with Crippen molar-refractivity contribution in [2.45, 2.75) is 51.5 Å². The molecule has 0 saturated carbocycles. The van der Waals surface area contributed by atoms with E-state index < -0.39 is 16.9 Å². The molecule has 1 unspecified atom stereocenters. The van der Waals surface area contributed by atoms with Crippen molar-refractivity contribution >= 4 is 16.9 Å². The lowest BCUT2D eigenvalue weighted by Gasteiger charge is -2.37. The number of rotatable bonds is 6. The summed E-state index contributed by atoms with van der Waals surface area (Å²) in [6.07, 6.45) is 2.55. The average molecular weight is 262 g/mol. The zero-order valence-corrected chi connectivity index (χ0v) is 13.2. The van der Waals surface area contributed by atoms with Gasteiger partial charge in [0.1, 0.15) is 0 Å². The van der Waals surface area contributed by atoms with Gasteiger partial charge in [-0.2, -0.15) is 0 Å². The molecule has 1 rings (SSSR count). The largest absolute Gasteiger partial charge is 0.417 e. The number of hydrogen-bond donors (Lipinski definition) is 0. The highest BCUT2D eigenvalue weighted by molar-refractivity contribution is 6.88. The van der Waals surface area contributed by atoms with E-state index in [1.54, 1.807) is 0 Å². The lowest BCUT2D eigenvalue weighted by Crippen LogP contribution is -2.51. The molecule has 16 heavy (non-hydrogen) atoms. The maximum atomic E-state index is 6.07. The Bertz CT molecular complexity index is 199. The first-order valence-corrected chi connectivity index (χ1v) is 11.8. The SMILES string of the molecule is CCO[Si](C)(C[Si]1(C)CCCCO1)OCC. The lowest BCUT2D eigenvalue weighted by atomic mass is 10.4. The van der Waals surface area contributed by atoms with Crippen LogP contribution in [0.5, 0.6) is 0 Å². The fraction of sp³-hybridized carbons (Fsp3) is 1.00. The van der Waals surface area contributed by atoms with Crippen LogP contribution in [-0.2, 0) is 13.3 Å². The molecule has 1 fully saturated rings. The molecule has 5 heteroatoms. The highest BCUT2D eigenvalue weighted by Crippen LogP contribution is 2.30. The summed E-state index contributed by atoms with van der Waals surface area (Å²) in [6.45, 7) is 11.1. The minimum absolute atomic E-state index is 0.757. The van der Waals surface area contributed by atoms with Gasteiger partial charge in [-0.1, -0.05) is 6.42 Å². The molecule has 0 bridgehead atoms. The van der Waals surface area contributed by atoms with Crippen molar-refractivity contribution in [3.8, 4) is 0 Å². The highest BCUT2D eigenvalue weighted by Gasteiger charge is 2.43. The van der Waals surface area contributed by atoms with E-state index in [1.165, 1.54) is 18.9 Å². The maximum Gasteiger partial charge on any atom is 0.334 e. The molecule has 0 radical (unpaired) electrons. The van der Waals surface area contributed by atoms with Crippen molar-refractivity contribution in [3.63, 3.8) is 0 Å². The topological polar surface area (TPSA) is 27.7 Å². The van der Waals surface area contributed by atoms with E-state index in [0.29, 0.717) is 0 Å². The van der Waals surface area contributed by atoms with Gasteiger partial charge < -0.3 is 13.3 Å². The molecule has 96 valence electrons. The van der Waals surface area contributed by atoms with Crippen LogP contribution >= 0.6 is 0 Å². The van der Waals surface area contributed by atoms with Gasteiger partial charge in [-0.3, -0.25) is 0 Å². The molecule has 1 aliphatic heterocycles. The first kappa shape index (κ1) is 14.4. The van der Waals surface area contributed by atoms with E-state index in [1.807, 2.05) is 0 Å². The zero-order chi connectivity index (χ0) is 12.1. The monoisotopic (exact) mass is 262 g/mol. The Hall–Kier alpha value is 0.314. The number of hydrogen-bond acceptors (Lipinski definition) is 3. The summed E-state index contributed by atoms with van der Waals surface area (Å²) < 4.78 is 17.9.